The maximum absolute atomic E-state index is 9.41. The van der Waals surface area contributed by atoms with Crippen LogP contribution in [0.4, 0.5) is 0 Å². The van der Waals surface area contributed by atoms with Gasteiger partial charge in [-0.3, -0.25) is 0 Å². The molecule has 4 nitrogen and oxygen atoms in total. The van der Waals surface area contributed by atoms with Crippen molar-refractivity contribution >= 4 is 0 Å². The van der Waals surface area contributed by atoms with E-state index in [4.69, 9.17) is 0 Å². The highest BCUT2D eigenvalue weighted by molar-refractivity contribution is 5.31. The zero-order valence-corrected chi connectivity index (χ0v) is 10.7. The number of benzene rings is 1. The predicted octanol–water partition coefficient (Wildman–Crippen LogP) is 1.90. The predicted molar refractivity (Wildman–Crippen MR) is 71.7 cm³/mol. The van der Waals surface area contributed by atoms with Gasteiger partial charge in [0.25, 0.3) is 0 Å². The summed E-state index contributed by atoms with van der Waals surface area (Å²) in [6, 6.07) is 10.2. The largest absolute Gasteiger partial charge is 0.394 e. The molecule has 1 aromatic carbocycles. The maximum Gasteiger partial charge on any atom is 0.0645 e. The van der Waals surface area contributed by atoms with E-state index in [0.717, 1.165) is 11.3 Å². The van der Waals surface area contributed by atoms with Crippen LogP contribution in [0.25, 0.3) is 5.69 Å². The van der Waals surface area contributed by atoms with Crippen molar-refractivity contribution in [3.05, 3.63) is 48.3 Å². The lowest BCUT2D eigenvalue weighted by molar-refractivity contribution is 0.237. The van der Waals surface area contributed by atoms with Crippen molar-refractivity contribution in [2.75, 3.05) is 6.61 Å². The van der Waals surface area contributed by atoms with Gasteiger partial charge in [0, 0.05) is 17.8 Å². The van der Waals surface area contributed by atoms with Gasteiger partial charge < -0.3 is 10.4 Å². The Kier molecular flexibility index (Phi) is 4.12. The van der Waals surface area contributed by atoms with Crippen LogP contribution in [-0.2, 0) is 0 Å². The number of aliphatic hydroxyl groups excluding tert-OH is 1. The first-order valence-electron chi connectivity index (χ1n) is 6.17. The van der Waals surface area contributed by atoms with E-state index in [-0.39, 0.29) is 12.6 Å². The molecule has 0 saturated carbocycles. The molecule has 1 unspecified atom stereocenters. The SMILES string of the molecule is CC(C)NC(CO)c1cnn(-c2ccccc2)c1. The Morgan fingerprint density at radius 1 is 1.28 bits per heavy atom. The number of aromatic nitrogens is 2. The average molecular weight is 245 g/mol. The summed E-state index contributed by atoms with van der Waals surface area (Å²) in [6.07, 6.45) is 3.74. The molecule has 0 fully saturated rings. The minimum Gasteiger partial charge on any atom is -0.394 e. The number of nitrogens with one attached hydrogen (secondary N) is 1. The standard InChI is InChI=1S/C14H19N3O/c1-11(2)16-14(10-18)12-8-15-17(9-12)13-6-4-3-5-7-13/h3-9,11,14,16,18H,10H2,1-2H3. The zero-order valence-electron chi connectivity index (χ0n) is 10.7. The average Bonchev–Trinajstić information content (AvgIpc) is 2.86. The zero-order chi connectivity index (χ0) is 13.0. The summed E-state index contributed by atoms with van der Waals surface area (Å²) < 4.78 is 1.82. The Balaban J connectivity index is 2.19. The second kappa shape index (κ2) is 5.80. The van der Waals surface area contributed by atoms with Gasteiger partial charge in [-0.1, -0.05) is 32.0 Å². The van der Waals surface area contributed by atoms with E-state index in [0.29, 0.717) is 6.04 Å². The van der Waals surface area contributed by atoms with Gasteiger partial charge in [0.05, 0.1) is 24.5 Å². The highest BCUT2D eigenvalue weighted by Gasteiger charge is 2.13. The molecule has 2 N–H and O–H groups in total. The monoisotopic (exact) mass is 245 g/mol. The Labute approximate surface area is 107 Å². The highest BCUT2D eigenvalue weighted by Crippen LogP contribution is 2.15. The summed E-state index contributed by atoms with van der Waals surface area (Å²) >= 11 is 0. The van der Waals surface area contributed by atoms with Gasteiger partial charge in [-0.2, -0.15) is 5.10 Å². The quantitative estimate of drug-likeness (QED) is 0.846. The van der Waals surface area contributed by atoms with Crippen LogP contribution >= 0.6 is 0 Å². The third-order valence-corrected chi connectivity index (χ3v) is 2.74. The van der Waals surface area contributed by atoms with Gasteiger partial charge in [-0.05, 0) is 12.1 Å². The first-order valence-corrected chi connectivity index (χ1v) is 6.17. The van der Waals surface area contributed by atoms with Gasteiger partial charge in [0.1, 0.15) is 0 Å². The second-order valence-electron chi connectivity index (χ2n) is 4.61. The summed E-state index contributed by atoms with van der Waals surface area (Å²) in [5.74, 6) is 0. The third kappa shape index (κ3) is 2.97. The first kappa shape index (κ1) is 12.8. The fraction of sp³-hybridized carbons (Fsp3) is 0.357. The molecule has 96 valence electrons. The molecule has 1 heterocycles. The Morgan fingerprint density at radius 3 is 2.61 bits per heavy atom. The fourth-order valence-corrected chi connectivity index (χ4v) is 1.90. The van der Waals surface area contributed by atoms with Crippen LogP contribution in [0.3, 0.4) is 0 Å². The van der Waals surface area contributed by atoms with Crippen molar-refractivity contribution in [1.82, 2.24) is 15.1 Å². The van der Waals surface area contributed by atoms with Crippen molar-refractivity contribution in [1.29, 1.82) is 0 Å². The van der Waals surface area contributed by atoms with Crippen LogP contribution < -0.4 is 5.32 Å². The van der Waals surface area contributed by atoms with Crippen LogP contribution in [0, 0.1) is 0 Å². The topological polar surface area (TPSA) is 50.1 Å². The third-order valence-electron chi connectivity index (χ3n) is 2.74. The molecular formula is C14H19N3O. The number of hydrogen-bond donors (Lipinski definition) is 2. The Bertz CT molecular complexity index is 479. The van der Waals surface area contributed by atoms with Crippen molar-refractivity contribution in [3.63, 3.8) is 0 Å². The summed E-state index contributed by atoms with van der Waals surface area (Å²) in [6.45, 7) is 4.19. The van der Waals surface area contributed by atoms with Gasteiger partial charge in [-0.15, -0.1) is 0 Å². The molecule has 0 amide bonds. The molecule has 0 bridgehead atoms. The second-order valence-corrected chi connectivity index (χ2v) is 4.61. The summed E-state index contributed by atoms with van der Waals surface area (Å²) in [5.41, 5.74) is 2.01. The van der Waals surface area contributed by atoms with Gasteiger partial charge >= 0.3 is 0 Å². The molecule has 1 aromatic heterocycles. The minimum atomic E-state index is -0.0672. The summed E-state index contributed by atoms with van der Waals surface area (Å²) in [5, 5.41) is 17.0. The van der Waals surface area contributed by atoms with E-state index >= 15 is 0 Å². The molecule has 0 radical (unpaired) electrons. The number of aliphatic hydroxyl groups is 1. The Hall–Kier alpha value is -1.65. The van der Waals surface area contributed by atoms with E-state index < -0.39 is 0 Å². The highest BCUT2D eigenvalue weighted by atomic mass is 16.3. The number of nitrogens with zero attached hydrogens (tertiary/aromatic N) is 2. The molecule has 4 heteroatoms. The fourth-order valence-electron chi connectivity index (χ4n) is 1.90. The number of hydrogen-bond acceptors (Lipinski definition) is 3. The van der Waals surface area contributed by atoms with E-state index in [1.165, 1.54) is 0 Å². The van der Waals surface area contributed by atoms with E-state index in [1.54, 1.807) is 6.20 Å². The van der Waals surface area contributed by atoms with Crippen molar-refractivity contribution < 1.29 is 5.11 Å². The van der Waals surface area contributed by atoms with Crippen LogP contribution in [0.15, 0.2) is 42.7 Å². The molecule has 0 aliphatic rings. The lowest BCUT2D eigenvalue weighted by Gasteiger charge is -2.17. The smallest absolute Gasteiger partial charge is 0.0645 e. The van der Waals surface area contributed by atoms with Gasteiger partial charge in [0.2, 0.25) is 0 Å². The molecular weight excluding hydrogens is 226 g/mol. The molecule has 1 atom stereocenters. The lowest BCUT2D eigenvalue weighted by atomic mass is 10.1. The van der Waals surface area contributed by atoms with E-state index in [1.807, 2.05) is 41.2 Å². The van der Waals surface area contributed by atoms with E-state index in [9.17, 15) is 5.11 Å². The first-order chi connectivity index (χ1) is 8.70. The lowest BCUT2D eigenvalue weighted by Crippen LogP contribution is -2.30. The van der Waals surface area contributed by atoms with Crippen molar-refractivity contribution in [2.45, 2.75) is 25.9 Å². The maximum atomic E-state index is 9.41. The molecule has 0 aliphatic carbocycles. The van der Waals surface area contributed by atoms with Crippen LogP contribution in [0.1, 0.15) is 25.5 Å². The number of rotatable bonds is 5. The summed E-state index contributed by atoms with van der Waals surface area (Å²) in [7, 11) is 0. The number of para-hydroxylation sites is 1. The van der Waals surface area contributed by atoms with Crippen LogP contribution in [0.5, 0.6) is 0 Å². The molecule has 0 aliphatic heterocycles. The molecule has 0 spiro atoms. The minimum absolute atomic E-state index is 0.0672. The Morgan fingerprint density at radius 2 is 2.00 bits per heavy atom. The van der Waals surface area contributed by atoms with E-state index in [2.05, 4.69) is 24.3 Å². The van der Waals surface area contributed by atoms with Crippen LogP contribution in [0.2, 0.25) is 0 Å². The van der Waals surface area contributed by atoms with Gasteiger partial charge in [-0.25, -0.2) is 4.68 Å². The van der Waals surface area contributed by atoms with Crippen molar-refractivity contribution in [3.8, 4) is 5.69 Å². The van der Waals surface area contributed by atoms with Crippen molar-refractivity contribution in [2.24, 2.45) is 0 Å². The molecule has 0 saturated heterocycles. The molecule has 2 aromatic rings. The van der Waals surface area contributed by atoms with Crippen LogP contribution in [-0.4, -0.2) is 27.5 Å². The summed E-state index contributed by atoms with van der Waals surface area (Å²) in [4.78, 5) is 0. The molecule has 2 rings (SSSR count). The van der Waals surface area contributed by atoms with Gasteiger partial charge in [0.15, 0.2) is 0 Å². The molecule has 18 heavy (non-hydrogen) atoms. The normalized spacial score (nSPS) is 12.9.